The zero-order valence-corrected chi connectivity index (χ0v) is 11.0. The van der Waals surface area contributed by atoms with Crippen molar-refractivity contribution in [1.82, 2.24) is 0 Å². The van der Waals surface area contributed by atoms with E-state index in [1.165, 1.54) is 0 Å². The highest BCUT2D eigenvalue weighted by molar-refractivity contribution is 5.59. The molecule has 2 unspecified atom stereocenters. The third-order valence-electron chi connectivity index (χ3n) is 3.44. The van der Waals surface area contributed by atoms with Crippen LogP contribution in [-0.2, 0) is 11.2 Å². The third-order valence-corrected chi connectivity index (χ3v) is 3.44. The number of nitrogens with zero attached hydrogens (tertiary/aromatic N) is 2. The second-order valence-electron chi connectivity index (χ2n) is 4.86. The zero-order valence-electron chi connectivity index (χ0n) is 11.0. The van der Waals surface area contributed by atoms with Crippen molar-refractivity contribution in [1.29, 1.82) is 5.26 Å². The molecule has 0 amide bonds. The Balaban J connectivity index is 2.24. The van der Waals surface area contributed by atoms with Crippen LogP contribution in [-0.4, -0.2) is 37.0 Å². The van der Waals surface area contributed by atoms with Crippen LogP contribution in [0.1, 0.15) is 12.5 Å². The maximum Gasteiger partial charge on any atom is 0.0981 e. The summed E-state index contributed by atoms with van der Waals surface area (Å²) in [5.41, 5.74) is 8.37. The summed E-state index contributed by atoms with van der Waals surface area (Å²) in [6, 6.07) is 8.10. The number of aliphatic hydroxyl groups excluding tert-OH is 1. The van der Waals surface area contributed by atoms with Crippen LogP contribution in [0.15, 0.2) is 18.2 Å². The Hall–Kier alpha value is -1.77. The number of morpholine rings is 1. The van der Waals surface area contributed by atoms with Crippen molar-refractivity contribution in [3.05, 3.63) is 23.8 Å². The van der Waals surface area contributed by atoms with Gasteiger partial charge in [-0.05, 0) is 30.7 Å². The lowest BCUT2D eigenvalue weighted by Crippen LogP contribution is -2.49. The van der Waals surface area contributed by atoms with Crippen molar-refractivity contribution in [2.45, 2.75) is 25.5 Å². The highest BCUT2D eigenvalue weighted by Gasteiger charge is 2.26. The predicted molar refractivity (Wildman–Crippen MR) is 73.8 cm³/mol. The molecule has 0 spiro atoms. The van der Waals surface area contributed by atoms with Gasteiger partial charge in [0.2, 0.25) is 0 Å². The van der Waals surface area contributed by atoms with E-state index in [4.69, 9.17) is 15.7 Å². The summed E-state index contributed by atoms with van der Waals surface area (Å²) in [7, 11) is 0. The summed E-state index contributed by atoms with van der Waals surface area (Å²) < 4.78 is 5.52. The highest BCUT2D eigenvalue weighted by Crippen LogP contribution is 2.25. The largest absolute Gasteiger partial charge is 0.398 e. The quantitative estimate of drug-likeness (QED) is 0.791. The number of ether oxygens (including phenoxy) is 1. The minimum Gasteiger partial charge on any atom is -0.398 e. The van der Waals surface area contributed by atoms with Gasteiger partial charge in [-0.2, -0.15) is 5.26 Å². The molecule has 1 saturated heterocycles. The summed E-state index contributed by atoms with van der Waals surface area (Å²) in [5.74, 6) is 0. The van der Waals surface area contributed by atoms with Crippen molar-refractivity contribution in [2.24, 2.45) is 0 Å². The molecule has 1 aliphatic heterocycles. The molecular formula is C14H19N3O2. The maximum absolute atomic E-state index is 9.21. The van der Waals surface area contributed by atoms with E-state index < -0.39 is 0 Å². The SMILES string of the molecule is CC1COC(CO)CN1c1ccc(N)c(CC#N)c1. The first-order valence-electron chi connectivity index (χ1n) is 6.40. The molecule has 1 fully saturated rings. The second-order valence-corrected chi connectivity index (χ2v) is 4.86. The number of nitrogen functional groups attached to an aromatic ring is 1. The molecule has 0 aliphatic carbocycles. The van der Waals surface area contributed by atoms with Crippen molar-refractivity contribution >= 4 is 11.4 Å². The van der Waals surface area contributed by atoms with E-state index in [0.717, 1.165) is 11.3 Å². The number of hydrogen-bond donors (Lipinski definition) is 2. The smallest absolute Gasteiger partial charge is 0.0981 e. The number of anilines is 2. The molecule has 3 N–H and O–H groups in total. The lowest BCUT2D eigenvalue weighted by Gasteiger charge is -2.39. The monoisotopic (exact) mass is 261 g/mol. The van der Waals surface area contributed by atoms with E-state index in [2.05, 4.69) is 17.9 Å². The first-order valence-corrected chi connectivity index (χ1v) is 6.40. The minimum absolute atomic E-state index is 0.0171. The van der Waals surface area contributed by atoms with Gasteiger partial charge in [-0.25, -0.2) is 0 Å². The van der Waals surface area contributed by atoms with Crippen molar-refractivity contribution in [3.63, 3.8) is 0 Å². The summed E-state index contributed by atoms with van der Waals surface area (Å²) in [6.07, 6.45) is 0.148. The normalized spacial score (nSPS) is 23.1. The summed E-state index contributed by atoms with van der Waals surface area (Å²) >= 11 is 0. The third kappa shape index (κ3) is 2.98. The molecule has 2 rings (SSSR count). The van der Waals surface area contributed by atoms with Crippen LogP contribution < -0.4 is 10.6 Å². The summed E-state index contributed by atoms with van der Waals surface area (Å²) in [6.45, 7) is 3.33. The number of hydrogen-bond acceptors (Lipinski definition) is 5. The molecule has 0 radical (unpaired) electrons. The Morgan fingerprint density at radius 3 is 3.05 bits per heavy atom. The van der Waals surface area contributed by atoms with E-state index in [-0.39, 0.29) is 18.8 Å². The Morgan fingerprint density at radius 1 is 1.58 bits per heavy atom. The van der Waals surface area contributed by atoms with Crippen LogP contribution in [0.3, 0.4) is 0 Å². The average molecular weight is 261 g/mol. The maximum atomic E-state index is 9.21. The standard InChI is InChI=1S/C14H19N3O2/c1-10-9-19-13(8-18)7-17(10)12-2-3-14(16)11(6-12)4-5-15/h2-3,6,10,13,18H,4,7-9,16H2,1H3. The Kier molecular flexibility index (Phi) is 4.25. The molecule has 1 aromatic carbocycles. The molecule has 1 aromatic rings. The molecule has 5 nitrogen and oxygen atoms in total. The minimum atomic E-state index is -0.159. The van der Waals surface area contributed by atoms with Crippen LogP contribution in [0.5, 0.6) is 0 Å². The molecule has 19 heavy (non-hydrogen) atoms. The van der Waals surface area contributed by atoms with E-state index in [1.807, 2.05) is 18.2 Å². The predicted octanol–water partition coefficient (Wildman–Crippen LogP) is 0.921. The van der Waals surface area contributed by atoms with Gasteiger partial charge in [0.25, 0.3) is 0 Å². The topological polar surface area (TPSA) is 82.5 Å². The number of nitrogens with two attached hydrogens (primary N) is 1. The molecule has 102 valence electrons. The van der Waals surface area contributed by atoms with Gasteiger partial charge < -0.3 is 20.5 Å². The molecular weight excluding hydrogens is 242 g/mol. The van der Waals surface area contributed by atoms with Gasteiger partial charge in [0.15, 0.2) is 0 Å². The molecule has 1 heterocycles. The molecule has 0 saturated carbocycles. The van der Waals surface area contributed by atoms with Gasteiger partial charge in [-0.1, -0.05) is 0 Å². The fourth-order valence-corrected chi connectivity index (χ4v) is 2.30. The van der Waals surface area contributed by atoms with Crippen molar-refractivity contribution in [2.75, 3.05) is 30.4 Å². The molecule has 5 heteroatoms. The Morgan fingerprint density at radius 2 is 2.37 bits per heavy atom. The Bertz CT molecular complexity index is 484. The number of aliphatic hydroxyl groups is 1. The van der Waals surface area contributed by atoms with Gasteiger partial charge >= 0.3 is 0 Å². The van der Waals surface area contributed by atoms with Gasteiger partial charge in [0, 0.05) is 24.0 Å². The molecule has 1 aliphatic rings. The van der Waals surface area contributed by atoms with Crippen LogP contribution in [0, 0.1) is 11.3 Å². The van der Waals surface area contributed by atoms with Gasteiger partial charge in [-0.3, -0.25) is 0 Å². The Labute approximate surface area is 113 Å². The van der Waals surface area contributed by atoms with Crippen molar-refractivity contribution < 1.29 is 9.84 Å². The van der Waals surface area contributed by atoms with E-state index >= 15 is 0 Å². The number of benzene rings is 1. The van der Waals surface area contributed by atoms with Crippen LogP contribution in [0.2, 0.25) is 0 Å². The average Bonchev–Trinajstić information content (AvgIpc) is 2.42. The van der Waals surface area contributed by atoms with E-state index in [9.17, 15) is 5.11 Å². The number of nitriles is 1. The highest BCUT2D eigenvalue weighted by atomic mass is 16.5. The summed E-state index contributed by atoms with van der Waals surface area (Å²) in [5, 5.41) is 18.0. The van der Waals surface area contributed by atoms with Gasteiger partial charge in [0.05, 0.1) is 31.8 Å². The fraction of sp³-hybridized carbons (Fsp3) is 0.500. The van der Waals surface area contributed by atoms with Crippen LogP contribution in [0.4, 0.5) is 11.4 Å². The first-order chi connectivity index (χ1) is 9.15. The van der Waals surface area contributed by atoms with Crippen LogP contribution in [0.25, 0.3) is 0 Å². The van der Waals surface area contributed by atoms with Gasteiger partial charge in [0.1, 0.15) is 0 Å². The lowest BCUT2D eigenvalue weighted by atomic mass is 10.1. The molecule has 0 aromatic heterocycles. The lowest BCUT2D eigenvalue weighted by molar-refractivity contribution is -0.0103. The van der Waals surface area contributed by atoms with E-state index in [1.54, 1.807) is 0 Å². The van der Waals surface area contributed by atoms with Crippen molar-refractivity contribution in [3.8, 4) is 6.07 Å². The number of rotatable bonds is 3. The summed E-state index contributed by atoms with van der Waals surface area (Å²) in [4.78, 5) is 2.19. The molecule has 0 bridgehead atoms. The zero-order chi connectivity index (χ0) is 13.8. The molecule has 2 atom stereocenters. The van der Waals surface area contributed by atoms with E-state index in [0.29, 0.717) is 25.3 Å². The second kappa shape index (κ2) is 5.91. The fourth-order valence-electron chi connectivity index (χ4n) is 2.30. The van der Waals surface area contributed by atoms with Gasteiger partial charge in [-0.15, -0.1) is 0 Å². The van der Waals surface area contributed by atoms with Crippen LogP contribution >= 0.6 is 0 Å². The first kappa shape index (κ1) is 13.7.